The van der Waals surface area contributed by atoms with Crippen LogP contribution in [0.1, 0.15) is 16.8 Å². The highest BCUT2D eigenvalue weighted by molar-refractivity contribution is 9.11. The lowest BCUT2D eigenvalue weighted by Crippen LogP contribution is -2.07. The average molecular weight is 336 g/mol. The number of phenols is 1. The minimum atomic E-state index is -0.546. The van der Waals surface area contributed by atoms with Gasteiger partial charge in [0.1, 0.15) is 11.3 Å². The first-order valence-electron chi connectivity index (χ1n) is 6.04. The van der Waals surface area contributed by atoms with E-state index in [2.05, 4.69) is 22.5 Å². The highest BCUT2D eigenvalue weighted by Crippen LogP contribution is 2.22. The number of halogens is 1. The van der Waals surface area contributed by atoms with E-state index in [4.69, 9.17) is 4.74 Å². The van der Waals surface area contributed by atoms with Crippen LogP contribution in [0.2, 0.25) is 0 Å². The molecule has 1 aromatic carbocycles. The Morgan fingerprint density at radius 3 is 2.65 bits per heavy atom. The van der Waals surface area contributed by atoms with Gasteiger partial charge in [-0.1, -0.05) is 22.5 Å². The molecule has 0 atom stereocenters. The van der Waals surface area contributed by atoms with Crippen molar-refractivity contribution in [2.24, 2.45) is 0 Å². The monoisotopic (exact) mass is 335 g/mol. The molecule has 104 valence electrons. The molecular weight excluding hydrogens is 322 g/mol. The van der Waals surface area contributed by atoms with Gasteiger partial charge < -0.3 is 14.4 Å². The van der Waals surface area contributed by atoms with E-state index in [9.17, 15) is 9.90 Å². The molecule has 2 rings (SSSR count). The third-order valence-electron chi connectivity index (χ3n) is 2.71. The van der Waals surface area contributed by atoms with Gasteiger partial charge in [0.15, 0.2) is 0 Å². The van der Waals surface area contributed by atoms with Crippen LogP contribution in [0.4, 0.5) is 0 Å². The van der Waals surface area contributed by atoms with Crippen molar-refractivity contribution in [1.29, 1.82) is 0 Å². The maximum atomic E-state index is 11.8. The van der Waals surface area contributed by atoms with Gasteiger partial charge >= 0.3 is 5.97 Å². The Kier molecular flexibility index (Phi) is 4.63. The van der Waals surface area contributed by atoms with Gasteiger partial charge in [-0.25, -0.2) is 4.79 Å². The zero-order valence-corrected chi connectivity index (χ0v) is 12.3. The zero-order valence-electron chi connectivity index (χ0n) is 10.8. The number of hydrogen-bond donors (Lipinski definition) is 1. The van der Waals surface area contributed by atoms with Crippen molar-refractivity contribution in [3.05, 3.63) is 59.4 Å². The van der Waals surface area contributed by atoms with Crippen molar-refractivity contribution < 1.29 is 14.6 Å². The Hall–Kier alpha value is -2.01. The molecule has 0 fully saturated rings. The topological polar surface area (TPSA) is 51.5 Å². The third-order valence-corrected chi connectivity index (χ3v) is 3.11. The number of aromatic hydroxyl groups is 1. The molecule has 0 saturated carbocycles. The van der Waals surface area contributed by atoms with E-state index in [0.29, 0.717) is 6.42 Å². The molecule has 1 N–H and O–H groups in total. The summed E-state index contributed by atoms with van der Waals surface area (Å²) in [7, 11) is 0. The molecular formula is C15H14BrNO3. The van der Waals surface area contributed by atoms with Crippen LogP contribution in [0.5, 0.6) is 5.75 Å². The number of aromatic nitrogens is 1. The number of benzene rings is 1. The molecule has 0 aliphatic heterocycles. The summed E-state index contributed by atoms with van der Waals surface area (Å²) in [6.45, 7) is 3.88. The maximum Gasteiger partial charge on any atom is 0.341 e. The summed E-state index contributed by atoms with van der Waals surface area (Å²) in [6.07, 6.45) is 4.25. The molecule has 5 heteroatoms. The van der Waals surface area contributed by atoms with Crippen molar-refractivity contribution >= 4 is 21.9 Å². The lowest BCUT2D eigenvalue weighted by Gasteiger charge is -2.08. The number of hydrogen-bond acceptors (Lipinski definition) is 3. The largest absolute Gasteiger partial charge is 0.507 e. The van der Waals surface area contributed by atoms with Gasteiger partial charge in [-0.2, -0.15) is 0 Å². The van der Waals surface area contributed by atoms with E-state index in [0.717, 1.165) is 10.2 Å². The second-order valence-corrected chi connectivity index (χ2v) is 5.32. The molecule has 0 aliphatic rings. The standard InChI is InChI=1S/C15H14BrNO3/c1-11(16)6-9-20-15(19)13-5-4-12(10-14(13)18)17-7-2-3-8-17/h2-5,7-8,10,18H,1,6,9H2. The molecule has 0 amide bonds. The number of ether oxygens (including phenoxy) is 1. The predicted molar refractivity (Wildman–Crippen MR) is 80.4 cm³/mol. The minimum Gasteiger partial charge on any atom is -0.507 e. The summed E-state index contributed by atoms with van der Waals surface area (Å²) in [5.74, 6) is -0.644. The van der Waals surface area contributed by atoms with Crippen LogP contribution in [-0.2, 0) is 4.74 Å². The molecule has 0 bridgehead atoms. The van der Waals surface area contributed by atoms with Crippen LogP contribution in [0.25, 0.3) is 5.69 Å². The van der Waals surface area contributed by atoms with Crippen LogP contribution >= 0.6 is 15.9 Å². The van der Waals surface area contributed by atoms with Crippen LogP contribution < -0.4 is 0 Å². The van der Waals surface area contributed by atoms with E-state index in [1.54, 1.807) is 12.1 Å². The summed E-state index contributed by atoms with van der Waals surface area (Å²) < 4.78 is 7.65. The molecule has 0 saturated heterocycles. The van der Waals surface area contributed by atoms with E-state index in [-0.39, 0.29) is 17.9 Å². The highest BCUT2D eigenvalue weighted by Gasteiger charge is 2.13. The maximum absolute atomic E-state index is 11.8. The van der Waals surface area contributed by atoms with Crippen molar-refractivity contribution in [2.75, 3.05) is 6.61 Å². The Balaban J connectivity index is 2.09. The molecule has 0 unspecified atom stereocenters. The number of carbonyl (C=O) groups excluding carboxylic acids is 1. The number of rotatable bonds is 5. The van der Waals surface area contributed by atoms with Gasteiger partial charge in [-0.3, -0.25) is 0 Å². The zero-order chi connectivity index (χ0) is 14.5. The van der Waals surface area contributed by atoms with E-state index in [1.165, 1.54) is 6.07 Å². The Morgan fingerprint density at radius 2 is 2.05 bits per heavy atom. The minimum absolute atomic E-state index is 0.0983. The van der Waals surface area contributed by atoms with E-state index >= 15 is 0 Å². The Morgan fingerprint density at radius 1 is 1.35 bits per heavy atom. The first-order chi connectivity index (χ1) is 9.58. The van der Waals surface area contributed by atoms with Gasteiger partial charge in [-0.15, -0.1) is 0 Å². The van der Waals surface area contributed by atoms with Gasteiger partial charge in [0.05, 0.1) is 6.61 Å². The SMILES string of the molecule is C=C(Br)CCOC(=O)c1ccc(-n2cccc2)cc1O. The van der Waals surface area contributed by atoms with Crippen LogP contribution in [0.15, 0.2) is 53.8 Å². The molecule has 20 heavy (non-hydrogen) atoms. The van der Waals surface area contributed by atoms with Crippen LogP contribution in [0, 0.1) is 0 Å². The van der Waals surface area contributed by atoms with E-state index in [1.807, 2.05) is 29.1 Å². The second-order valence-electron chi connectivity index (χ2n) is 4.19. The second kappa shape index (κ2) is 6.43. The van der Waals surface area contributed by atoms with Gasteiger partial charge in [-0.05, 0) is 28.7 Å². The molecule has 4 nitrogen and oxygen atoms in total. The molecule has 0 spiro atoms. The van der Waals surface area contributed by atoms with Crippen molar-refractivity contribution in [1.82, 2.24) is 4.57 Å². The summed E-state index contributed by atoms with van der Waals surface area (Å²) in [5.41, 5.74) is 0.930. The summed E-state index contributed by atoms with van der Waals surface area (Å²) in [6, 6.07) is 8.59. The van der Waals surface area contributed by atoms with Crippen molar-refractivity contribution in [3.8, 4) is 11.4 Å². The fourth-order valence-electron chi connectivity index (χ4n) is 1.69. The lowest BCUT2D eigenvalue weighted by atomic mass is 10.2. The van der Waals surface area contributed by atoms with Crippen LogP contribution in [-0.4, -0.2) is 22.2 Å². The lowest BCUT2D eigenvalue weighted by molar-refractivity contribution is 0.0508. The number of esters is 1. The van der Waals surface area contributed by atoms with Gasteiger partial charge in [0.2, 0.25) is 0 Å². The first-order valence-corrected chi connectivity index (χ1v) is 6.84. The highest BCUT2D eigenvalue weighted by atomic mass is 79.9. The number of nitrogens with zero attached hydrogens (tertiary/aromatic N) is 1. The average Bonchev–Trinajstić information content (AvgIpc) is 2.91. The number of carbonyl (C=O) groups is 1. The fourth-order valence-corrected chi connectivity index (χ4v) is 1.85. The fraction of sp³-hybridized carbons (Fsp3) is 0.133. The Labute approximate surface area is 125 Å². The summed E-state index contributed by atoms with van der Waals surface area (Å²) >= 11 is 3.19. The molecule has 2 aromatic rings. The third kappa shape index (κ3) is 3.51. The van der Waals surface area contributed by atoms with Crippen molar-refractivity contribution in [3.63, 3.8) is 0 Å². The quantitative estimate of drug-likeness (QED) is 0.848. The number of phenolic OH excluding ortho intramolecular Hbond substituents is 1. The smallest absolute Gasteiger partial charge is 0.341 e. The van der Waals surface area contributed by atoms with Crippen molar-refractivity contribution in [2.45, 2.75) is 6.42 Å². The Bertz CT molecular complexity index is 620. The van der Waals surface area contributed by atoms with Crippen LogP contribution in [0.3, 0.4) is 0 Å². The molecule has 1 aromatic heterocycles. The summed E-state index contributed by atoms with van der Waals surface area (Å²) in [5, 5.41) is 9.93. The molecule has 0 radical (unpaired) electrons. The normalized spacial score (nSPS) is 10.2. The van der Waals surface area contributed by atoms with Gasteiger partial charge in [0.25, 0.3) is 0 Å². The molecule has 1 heterocycles. The first kappa shape index (κ1) is 14.4. The molecule has 0 aliphatic carbocycles. The van der Waals surface area contributed by atoms with Gasteiger partial charge in [0, 0.05) is 30.6 Å². The predicted octanol–water partition coefficient (Wildman–Crippen LogP) is 3.64. The summed E-state index contributed by atoms with van der Waals surface area (Å²) in [4.78, 5) is 11.8. The van der Waals surface area contributed by atoms with E-state index < -0.39 is 5.97 Å².